The number of rotatable bonds is 6. The van der Waals surface area contributed by atoms with Crippen molar-refractivity contribution in [3.05, 3.63) is 35.6 Å². The molecule has 1 amide bonds. The minimum absolute atomic E-state index is 0.0659. The number of piperazine rings is 1. The number of carbonyl (C=O) groups excluding carboxylic acids is 1. The molecule has 2 heterocycles. The number of sulfone groups is 1. The Labute approximate surface area is 167 Å². The summed E-state index contributed by atoms with van der Waals surface area (Å²) >= 11 is 0. The molecule has 0 aliphatic carbocycles. The van der Waals surface area contributed by atoms with Crippen LogP contribution in [0.15, 0.2) is 24.3 Å². The Bertz CT molecular complexity index is 776. The number of carbonyl (C=O) groups is 1. The fourth-order valence-corrected chi connectivity index (χ4v) is 5.98. The summed E-state index contributed by atoms with van der Waals surface area (Å²) in [6, 6.07) is 6.32. The lowest BCUT2D eigenvalue weighted by atomic mass is 10.1. The number of hydrogen-bond acceptors (Lipinski definition) is 5. The largest absolute Gasteiger partial charge is 0.335 e. The lowest BCUT2D eigenvalue weighted by molar-refractivity contribution is -0.134. The minimum atomic E-state index is -2.87. The fraction of sp³-hybridized carbons (Fsp3) is 0.650. The molecular formula is C20H30FN3O3S. The summed E-state index contributed by atoms with van der Waals surface area (Å²) < 4.78 is 36.5. The number of nitrogens with zero attached hydrogens (tertiary/aromatic N) is 3. The maximum absolute atomic E-state index is 13.2. The van der Waals surface area contributed by atoms with Crippen molar-refractivity contribution in [2.45, 2.75) is 32.4 Å². The van der Waals surface area contributed by atoms with Crippen LogP contribution >= 0.6 is 0 Å². The van der Waals surface area contributed by atoms with Gasteiger partial charge >= 0.3 is 0 Å². The average molecular weight is 412 g/mol. The van der Waals surface area contributed by atoms with Crippen molar-refractivity contribution in [1.29, 1.82) is 0 Å². The van der Waals surface area contributed by atoms with Crippen LogP contribution in [0.1, 0.15) is 31.9 Å². The first kappa shape index (κ1) is 21.2. The summed E-state index contributed by atoms with van der Waals surface area (Å²) in [5.74, 6) is 0.350. The van der Waals surface area contributed by atoms with Gasteiger partial charge in [-0.05, 0) is 38.0 Å². The third kappa shape index (κ3) is 5.10. The van der Waals surface area contributed by atoms with Crippen LogP contribution in [0.2, 0.25) is 0 Å². The molecule has 2 saturated heterocycles. The van der Waals surface area contributed by atoms with Crippen LogP contribution in [0.3, 0.4) is 0 Å². The van der Waals surface area contributed by atoms with Crippen molar-refractivity contribution in [3.8, 4) is 0 Å². The first-order valence-corrected chi connectivity index (χ1v) is 11.8. The third-order valence-corrected chi connectivity index (χ3v) is 7.72. The molecule has 28 heavy (non-hydrogen) atoms. The second-order valence-corrected chi connectivity index (χ2v) is 10.0. The van der Waals surface area contributed by atoms with Gasteiger partial charge in [-0.1, -0.05) is 12.1 Å². The quantitative estimate of drug-likeness (QED) is 0.711. The van der Waals surface area contributed by atoms with Crippen molar-refractivity contribution in [3.63, 3.8) is 0 Å². The summed E-state index contributed by atoms with van der Waals surface area (Å²) in [4.78, 5) is 19.1. The highest BCUT2D eigenvalue weighted by Crippen LogP contribution is 2.22. The SMILES string of the molecule is CCN(C(=O)CN1CCN(C2CCS(=O)(=O)C2)CC1)C(C)c1ccc(F)cc1. The molecule has 0 bridgehead atoms. The molecule has 2 atom stereocenters. The van der Waals surface area contributed by atoms with Gasteiger partial charge in [0.2, 0.25) is 5.91 Å². The lowest BCUT2D eigenvalue weighted by Crippen LogP contribution is -2.53. The summed E-state index contributed by atoms with van der Waals surface area (Å²) in [5.41, 5.74) is 0.920. The van der Waals surface area contributed by atoms with Crippen molar-refractivity contribution in [2.24, 2.45) is 0 Å². The number of benzene rings is 1. The molecule has 0 radical (unpaired) electrons. The summed E-state index contributed by atoms with van der Waals surface area (Å²) in [6.07, 6.45) is 0.722. The van der Waals surface area contributed by atoms with Crippen LogP contribution in [-0.2, 0) is 14.6 Å². The van der Waals surface area contributed by atoms with Crippen molar-refractivity contribution >= 4 is 15.7 Å². The zero-order chi connectivity index (χ0) is 20.3. The van der Waals surface area contributed by atoms with Gasteiger partial charge in [0, 0.05) is 38.8 Å². The minimum Gasteiger partial charge on any atom is -0.335 e. The molecule has 0 N–H and O–H groups in total. The maximum atomic E-state index is 13.2. The summed E-state index contributed by atoms with van der Waals surface area (Å²) in [7, 11) is -2.87. The van der Waals surface area contributed by atoms with Gasteiger partial charge in [0.15, 0.2) is 9.84 Å². The predicted octanol–water partition coefficient (Wildman–Crippen LogP) is 1.54. The molecule has 8 heteroatoms. The van der Waals surface area contributed by atoms with Crippen LogP contribution in [0.5, 0.6) is 0 Å². The topological polar surface area (TPSA) is 60.9 Å². The first-order valence-electron chi connectivity index (χ1n) is 10.0. The molecular weight excluding hydrogens is 381 g/mol. The van der Waals surface area contributed by atoms with E-state index in [0.717, 1.165) is 38.2 Å². The van der Waals surface area contributed by atoms with Crippen LogP contribution in [0, 0.1) is 5.82 Å². The van der Waals surface area contributed by atoms with E-state index in [-0.39, 0.29) is 29.6 Å². The predicted molar refractivity (Wildman–Crippen MR) is 107 cm³/mol. The smallest absolute Gasteiger partial charge is 0.237 e. The van der Waals surface area contributed by atoms with E-state index in [1.165, 1.54) is 12.1 Å². The average Bonchev–Trinajstić information content (AvgIpc) is 3.03. The molecule has 2 aliphatic heterocycles. The van der Waals surface area contributed by atoms with Gasteiger partial charge < -0.3 is 4.90 Å². The molecule has 2 aliphatic rings. The molecule has 3 rings (SSSR count). The fourth-order valence-electron chi connectivity index (χ4n) is 4.22. The van der Waals surface area contributed by atoms with Gasteiger partial charge in [0.1, 0.15) is 5.82 Å². The Balaban J connectivity index is 1.52. The summed E-state index contributed by atoms with van der Waals surface area (Å²) in [5, 5.41) is 0. The maximum Gasteiger partial charge on any atom is 0.237 e. The second-order valence-electron chi connectivity index (χ2n) is 7.78. The molecule has 0 spiro atoms. The molecule has 2 unspecified atom stereocenters. The van der Waals surface area contributed by atoms with Crippen LogP contribution in [0.4, 0.5) is 4.39 Å². The zero-order valence-electron chi connectivity index (χ0n) is 16.7. The van der Waals surface area contributed by atoms with E-state index in [2.05, 4.69) is 9.80 Å². The molecule has 0 aromatic heterocycles. The first-order chi connectivity index (χ1) is 13.3. The standard InChI is InChI=1S/C20H30FN3O3S/c1-3-24(16(2)17-4-6-18(21)7-5-17)20(25)14-22-9-11-23(12-10-22)19-8-13-28(26,27)15-19/h4-7,16,19H,3,8-15H2,1-2H3. The van der Waals surface area contributed by atoms with Crippen molar-refractivity contribution in [2.75, 3.05) is 50.8 Å². The Morgan fingerprint density at radius 2 is 1.86 bits per heavy atom. The summed E-state index contributed by atoms with van der Waals surface area (Å²) in [6.45, 7) is 8.01. The van der Waals surface area contributed by atoms with E-state index in [0.29, 0.717) is 18.8 Å². The van der Waals surface area contributed by atoms with Crippen LogP contribution in [-0.4, -0.2) is 85.8 Å². The van der Waals surface area contributed by atoms with Crippen molar-refractivity contribution < 1.29 is 17.6 Å². The molecule has 6 nitrogen and oxygen atoms in total. The Hall–Kier alpha value is -1.51. The Kier molecular flexibility index (Phi) is 6.73. The van der Waals surface area contributed by atoms with E-state index in [1.807, 2.05) is 18.7 Å². The van der Waals surface area contributed by atoms with Gasteiger partial charge in [0.05, 0.1) is 24.1 Å². The normalized spacial score (nSPS) is 24.2. The highest BCUT2D eigenvalue weighted by atomic mass is 32.2. The van der Waals surface area contributed by atoms with Gasteiger partial charge in [-0.25, -0.2) is 12.8 Å². The number of likely N-dealkylation sites (N-methyl/N-ethyl adjacent to an activating group) is 1. The molecule has 156 valence electrons. The molecule has 1 aromatic carbocycles. The van der Waals surface area contributed by atoms with Gasteiger partial charge in [-0.2, -0.15) is 0 Å². The Morgan fingerprint density at radius 3 is 2.39 bits per heavy atom. The molecule has 1 aromatic rings. The van der Waals surface area contributed by atoms with Gasteiger partial charge in [-0.3, -0.25) is 14.6 Å². The number of halogens is 1. The van der Waals surface area contributed by atoms with E-state index >= 15 is 0 Å². The molecule has 2 fully saturated rings. The van der Waals surface area contributed by atoms with E-state index < -0.39 is 9.84 Å². The van der Waals surface area contributed by atoms with Crippen LogP contribution in [0.25, 0.3) is 0 Å². The number of hydrogen-bond donors (Lipinski definition) is 0. The highest BCUT2D eigenvalue weighted by molar-refractivity contribution is 7.91. The monoisotopic (exact) mass is 411 g/mol. The highest BCUT2D eigenvalue weighted by Gasteiger charge is 2.34. The van der Waals surface area contributed by atoms with Crippen molar-refractivity contribution in [1.82, 2.24) is 14.7 Å². The van der Waals surface area contributed by atoms with Crippen LogP contribution < -0.4 is 0 Å². The number of amides is 1. The van der Waals surface area contributed by atoms with E-state index in [1.54, 1.807) is 12.1 Å². The Morgan fingerprint density at radius 1 is 1.21 bits per heavy atom. The third-order valence-electron chi connectivity index (χ3n) is 5.97. The second kappa shape index (κ2) is 8.88. The molecule has 0 saturated carbocycles. The van der Waals surface area contributed by atoms with Gasteiger partial charge in [0.25, 0.3) is 0 Å². The zero-order valence-corrected chi connectivity index (χ0v) is 17.5. The lowest BCUT2D eigenvalue weighted by Gasteiger charge is -2.38. The van der Waals surface area contributed by atoms with Gasteiger partial charge in [-0.15, -0.1) is 0 Å². The van der Waals surface area contributed by atoms with E-state index in [4.69, 9.17) is 0 Å². The van der Waals surface area contributed by atoms with E-state index in [9.17, 15) is 17.6 Å².